The quantitative estimate of drug-likeness (QED) is 0.591. The number of pyridine rings is 1. The zero-order chi connectivity index (χ0) is 12.7. The van der Waals surface area contributed by atoms with E-state index >= 15 is 0 Å². The highest BCUT2D eigenvalue weighted by molar-refractivity contribution is 9.10. The van der Waals surface area contributed by atoms with E-state index in [1.165, 1.54) is 4.90 Å². The summed E-state index contributed by atoms with van der Waals surface area (Å²) in [6.07, 6.45) is 8.47. The summed E-state index contributed by atoms with van der Waals surface area (Å²) in [6.45, 7) is 0. The standard InChI is InChI=1S/C13H11BrN2O2/c14-10-7-15-6-5-11(10)16-12(17)8-3-1-2-4-9(8)13(16)18/h1-2,5-9H,3-4H2/t8-,9+. The molecule has 18 heavy (non-hydrogen) atoms. The lowest BCUT2D eigenvalue weighted by Crippen LogP contribution is -2.31. The van der Waals surface area contributed by atoms with Crippen LogP contribution in [-0.4, -0.2) is 16.8 Å². The van der Waals surface area contributed by atoms with Crippen molar-refractivity contribution in [3.05, 3.63) is 35.1 Å². The lowest BCUT2D eigenvalue weighted by molar-refractivity contribution is -0.122. The van der Waals surface area contributed by atoms with Gasteiger partial charge in [-0.15, -0.1) is 0 Å². The van der Waals surface area contributed by atoms with E-state index < -0.39 is 0 Å². The summed E-state index contributed by atoms with van der Waals surface area (Å²) in [5.41, 5.74) is 0.592. The molecule has 2 amide bonds. The molecule has 0 unspecified atom stereocenters. The number of carbonyl (C=O) groups is 2. The number of hydrogen-bond acceptors (Lipinski definition) is 3. The highest BCUT2D eigenvalue weighted by Gasteiger charge is 2.48. The van der Waals surface area contributed by atoms with E-state index in [-0.39, 0.29) is 23.7 Å². The Morgan fingerprint density at radius 1 is 1.17 bits per heavy atom. The zero-order valence-electron chi connectivity index (χ0n) is 9.54. The minimum Gasteiger partial charge on any atom is -0.274 e. The van der Waals surface area contributed by atoms with E-state index in [1.54, 1.807) is 18.5 Å². The van der Waals surface area contributed by atoms with Gasteiger partial charge in [0, 0.05) is 12.4 Å². The van der Waals surface area contributed by atoms with Crippen molar-refractivity contribution >= 4 is 33.4 Å². The predicted molar refractivity (Wildman–Crippen MR) is 69.8 cm³/mol. The molecule has 4 nitrogen and oxygen atoms in total. The summed E-state index contributed by atoms with van der Waals surface area (Å²) in [7, 11) is 0. The summed E-state index contributed by atoms with van der Waals surface area (Å²) >= 11 is 3.34. The van der Waals surface area contributed by atoms with Crippen LogP contribution in [0.4, 0.5) is 5.69 Å². The number of hydrogen-bond donors (Lipinski definition) is 0. The molecule has 0 saturated carbocycles. The Balaban J connectivity index is 2.02. The van der Waals surface area contributed by atoms with Crippen molar-refractivity contribution in [1.82, 2.24) is 4.98 Å². The fourth-order valence-electron chi connectivity index (χ4n) is 2.59. The van der Waals surface area contributed by atoms with Gasteiger partial charge in [0.15, 0.2) is 0 Å². The summed E-state index contributed by atoms with van der Waals surface area (Å²) < 4.78 is 0.665. The van der Waals surface area contributed by atoms with E-state index in [1.807, 2.05) is 12.2 Å². The molecule has 0 N–H and O–H groups in total. The Hall–Kier alpha value is -1.49. The number of imide groups is 1. The average Bonchev–Trinajstić information content (AvgIpc) is 2.64. The van der Waals surface area contributed by atoms with Crippen LogP contribution in [0.1, 0.15) is 12.8 Å². The smallest absolute Gasteiger partial charge is 0.238 e. The maximum absolute atomic E-state index is 12.3. The Morgan fingerprint density at radius 3 is 2.33 bits per heavy atom. The Kier molecular flexibility index (Phi) is 2.78. The average molecular weight is 307 g/mol. The van der Waals surface area contributed by atoms with Gasteiger partial charge < -0.3 is 0 Å². The molecule has 1 fully saturated rings. The van der Waals surface area contributed by atoms with Crippen molar-refractivity contribution in [3.8, 4) is 0 Å². The molecule has 1 aromatic heterocycles. The predicted octanol–water partition coefficient (Wildman–Crippen LogP) is 2.30. The third-order valence-electron chi connectivity index (χ3n) is 3.50. The maximum atomic E-state index is 12.3. The van der Waals surface area contributed by atoms with Crippen LogP contribution in [0.5, 0.6) is 0 Å². The third kappa shape index (κ3) is 1.61. The van der Waals surface area contributed by atoms with Crippen LogP contribution in [0.3, 0.4) is 0 Å². The first kappa shape index (κ1) is 11.6. The first-order chi connectivity index (χ1) is 8.70. The van der Waals surface area contributed by atoms with Crippen molar-refractivity contribution in [2.75, 3.05) is 4.90 Å². The minimum atomic E-state index is -0.192. The number of fused-ring (bicyclic) bond motifs is 1. The monoisotopic (exact) mass is 306 g/mol. The minimum absolute atomic E-state index is 0.0961. The van der Waals surface area contributed by atoms with Gasteiger partial charge in [0.2, 0.25) is 11.8 Å². The zero-order valence-corrected chi connectivity index (χ0v) is 11.1. The molecule has 0 aromatic carbocycles. The second-order valence-corrected chi connectivity index (χ2v) is 5.35. The van der Waals surface area contributed by atoms with Gasteiger partial charge in [0.1, 0.15) is 0 Å². The molecule has 2 aliphatic rings. The van der Waals surface area contributed by atoms with Crippen molar-refractivity contribution in [1.29, 1.82) is 0 Å². The van der Waals surface area contributed by atoms with Gasteiger partial charge in [-0.05, 0) is 34.8 Å². The second kappa shape index (κ2) is 4.31. The van der Waals surface area contributed by atoms with E-state index in [9.17, 15) is 9.59 Å². The first-order valence-electron chi connectivity index (χ1n) is 5.82. The van der Waals surface area contributed by atoms with Crippen LogP contribution in [0.15, 0.2) is 35.1 Å². The van der Waals surface area contributed by atoms with Gasteiger partial charge in [-0.1, -0.05) is 12.2 Å². The van der Waals surface area contributed by atoms with Gasteiger partial charge >= 0.3 is 0 Å². The van der Waals surface area contributed by atoms with Crippen molar-refractivity contribution in [2.24, 2.45) is 11.8 Å². The lowest BCUT2D eigenvalue weighted by Gasteiger charge is -2.15. The molecule has 3 rings (SSSR count). The fraction of sp³-hybridized carbons (Fsp3) is 0.308. The van der Waals surface area contributed by atoms with Crippen molar-refractivity contribution < 1.29 is 9.59 Å². The highest BCUT2D eigenvalue weighted by Crippen LogP contribution is 2.39. The van der Waals surface area contributed by atoms with Crippen LogP contribution >= 0.6 is 15.9 Å². The maximum Gasteiger partial charge on any atom is 0.238 e. The van der Waals surface area contributed by atoms with E-state index in [0.717, 1.165) is 0 Å². The molecule has 1 aromatic rings. The summed E-state index contributed by atoms with van der Waals surface area (Å²) in [5.74, 6) is -0.576. The molecule has 1 saturated heterocycles. The van der Waals surface area contributed by atoms with Gasteiger partial charge in [-0.3, -0.25) is 14.6 Å². The van der Waals surface area contributed by atoms with Gasteiger partial charge in [-0.25, -0.2) is 4.90 Å². The number of rotatable bonds is 1. The molecule has 0 radical (unpaired) electrons. The second-order valence-electron chi connectivity index (χ2n) is 4.49. The van der Waals surface area contributed by atoms with Gasteiger partial charge in [-0.2, -0.15) is 0 Å². The largest absolute Gasteiger partial charge is 0.274 e. The Bertz CT molecular complexity index is 530. The first-order valence-corrected chi connectivity index (χ1v) is 6.62. The normalized spacial score (nSPS) is 26.6. The van der Waals surface area contributed by atoms with Crippen LogP contribution < -0.4 is 4.90 Å². The molecule has 1 aliphatic carbocycles. The number of carbonyl (C=O) groups excluding carboxylic acids is 2. The Labute approximate surface area is 113 Å². The van der Waals surface area contributed by atoms with Crippen molar-refractivity contribution in [2.45, 2.75) is 12.8 Å². The van der Waals surface area contributed by atoms with Crippen LogP contribution in [0, 0.1) is 11.8 Å². The number of aromatic nitrogens is 1. The van der Waals surface area contributed by atoms with Crippen molar-refractivity contribution in [3.63, 3.8) is 0 Å². The molecule has 5 heteroatoms. The molecular weight excluding hydrogens is 296 g/mol. The third-order valence-corrected chi connectivity index (χ3v) is 4.11. The fourth-order valence-corrected chi connectivity index (χ4v) is 3.01. The number of allylic oxidation sites excluding steroid dienone is 2. The lowest BCUT2D eigenvalue weighted by atomic mass is 9.85. The molecule has 92 valence electrons. The van der Waals surface area contributed by atoms with Crippen LogP contribution in [-0.2, 0) is 9.59 Å². The van der Waals surface area contributed by atoms with Crippen LogP contribution in [0.25, 0.3) is 0 Å². The molecule has 1 aliphatic heterocycles. The van der Waals surface area contributed by atoms with Gasteiger partial charge in [0.25, 0.3) is 0 Å². The summed E-state index contributed by atoms with van der Waals surface area (Å²) in [5, 5.41) is 0. The van der Waals surface area contributed by atoms with E-state index in [4.69, 9.17) is 0 Å². The van der Waals surface area contributed by atoms with E-state index in [0.29, 0.717) is 23.0 Å². The molecule has 0 spiro atoms. The topological polar surface area (TPSA) is 50.3 Å². The molecular formula is C13H11BrN2O2. The van der Waals surface area contributed by atoms with E-state index in [2.05, 4.69) is 20.9 Å². The molecule has 0 bridgehead atoms. The SMILES string of the molecule is O=C1[C@H]2CC=CC[C@H]2C(=O)N1c1ccncc1Br. The Morgan fingerprint density at radius 2 is 1.78 bits per heavy atom. The number of nitrogens with zero attached hydrogens (tertiary/aromatic N) is 2. The summed E-state index contributed by atoms with van der Waals surface area (Å²) in [6, 6.07) is 1.69. The number of anilines is 1. The molecule has 2 atom stereocenters. The number of amides is 2. The molecule has 2 heterocycles. The number of halogens is 1. The summed E-state index contributed by atoms with van der Waals surface area (Å²) in [4.78, 5) is 29.9. The van der Waals surface area contributed by atoms with Gasteiger partial charge in [0.05, 0.1) is 22.0 Å². The highest BCUT2D eigenvalue weighted by atomic mass is 79.9. The van der Waals surface area contributed by atoms with Crippen LogP contribution in [0.2, 0.25) is 0 Å².